The minimum atomic E-state index is -3.19. The maximum absolute atomic E-state index is 12.3. The van der Waals surface area contributed by atoms with Gasteiger partial charge in [-0.05, 0) is 47.9 Å². The second kappa shape index (κ2) is 6.64. The monoisotopic (exact) mass is 372 g/mol. The molecule has 2 aromatic carbocycles. The summed E-state index contributed by atoms with van der Waals surface area (Å²) < 4.78 is 30.9. The van der Waals surface area contributed by atoms with Crippen molar-refractivity contribution < 1.29 is 17.9 Å². The molecule has 1 saturated heterocycles. The summed E-state index contributed by atoms with van der Waals surface area (Å²) in [7, 11) is -3.19. The largest absolute Gasteiger partial charge is 0.493 e. The van der Waals surface area contributed by atoms with E-state index in [4.69, 9.17) is 4.74 Å². The first-order valence-electron chi connectivity index (χ1n) is 8.66. The molecule has 2 aliphatic heterocycles. The highest BCUT2D eigenvalue weighted by Crippen LogP contribution is 2.27. The number of fused-ring (bicyclic) bond motifs is 1. The fourth-order valence-corrected chi connectivity index (χ4v) is 4.92. The van der Waals surface area contributed by atoms with Crippen molar-refractivity contribution in [1.82, 2.24) is 0 Å². The number of benzene rings is 2. The summed E-state index contributed by atoms with van der Waals surface area (Å²) in [6, 6.07) is 12.8. The number of anilines is 2. The molecule has 0 aliphatic carbocycles. The van der Waals surface area contributed by atoms with Gasteiger partial charge in [-0.2, -0.15) is 0 Å². The minimum absolute atomic E-state index is 0.121. The van der Waals surface area contributed by atoms with E-state index in [9.17, 15) is 13.2 Å². The maximum Gasteiger partial charge on any atom is 0.235 e. The molecule has 2 aromatic rings. The molecule has 136 valence electrons. The summed E-state index contributed by atoms with van der Waals surface area (Å²) in [5.74, 6) is 0.937. The predicted molar refractivity (Wildman–Crippen MR) is 100 cm³/mol. The normalized spacial score (nSPS) is 17.6. The third kappa shape index (κ3) is 3.39. The SMILES string of the molecule is O=C(Cc1ccc2c(c1)OCC2)Nc1ccc(N2CCCS2(=O)=O)cc1. The van der Waals surface area contributed by atoms with Crippen molar-refractivity contribution in [1.29, 1.82) is 0 Å². The summed E-state index contributed by atoms with van der Waals surface area (Å²) in [5.41, 5.74) is 3.37. The fraction of sp³-hybridized carbons (Fsp3) is 0.316. The van der Waals surface area contributed by atoms with Gasteiger partial charge in [-0.25, -0.2) is 8.42 Å². The summed E-state index contributed by atoms with van der Waals surface area (Å²) in [6.07, 6.45) is 1.82. The van der Waals surface area contributed by atoms with Crippen molar-refractivity contribution in [2.24, 2.45) is 0 Å². The first-order valence-corrected chi connectivity index (χ1v) is 10.3. The number of rotatable bonds is 4. The molecular weight excluding hydrogens is 352 g/mol. The molecule has 0 atom stereocenters. The molecule has 0 bridgehead atoms. The van der Waals surface area contributed by atoms with E-state index in [2.05, 4.69) is 5.32 Å². The van der Waals surface area contributed by atoms with Crippen molar-refractivity contribution in [2.45, 2.75) is 19.3 Å². The van der Waals surface area contributed by atoms with Crippen LogP contribution in [-0.4, -0.2) is 33.2 Å². The molecular formula is C19H20N2O4S. The zero-order chi connectivity index (χ0) is 18.1. The summed E-state index contributed by atoms with van der Waals surface area (Å²) in [5, 5.41) is 2.85. The number of ether oxygens (including phenoxy) is 1. The number of hydrogen-bond acceptors (Lipinski definition) is 4. The Labute approximate surface area is 152 Å². The lowest BCUT2D eigenvalue weighted by atomic mass is 10.1. The summed E-state index contributed by atoms with van der Waals surface area (Å²) in [6.45, 7) is 1.21. The first-order chi connectivity index (χ1) is 12.5. The standard InChI is InChI=1S/C19H20N2O4S/c22-19(13-14-2-3-15-8-10-25-18(15)12-14)20-16-4-6-17(7-5-16)21-9-1-11-26(21,23)24/h2-7,12H,1,8-11,13H2,(H,20,22). The number of carbonyl (C=O) groups is 1. The summed E-state index contributed by atoms with van der Waals surface area (Å²) in [4.78, 5) is 12.3. The quantitative estimate of drug-likeness (QED) is 0.894. The Morgan fingerprint density at radius 1 is 1.15 bits per heavy atom. The minimum Gasteiger partial charge on any atom is -0.493 e. The van der Waals surface area contributed by atoms with Gasteiger partial charge >= 0.3 is 0 Å². The first kappa shape index (κ1) is 16.9. The molecule has 7 heteroatoms. The van der Waals surface area contributed by atoms with Gasteiger partial charge in [0, 0.05) is 18.7 Å². The maximum atomic E-state index is 12.3. The molecule has 6 nitrogen and oxygen atoms in total. The van der Waals surface area contributed by atoms with Crippen LogP contribution >= 0.6 is 0 Å². The van der Waals surface area contributed by atoms with Crippen LogP contribution < -0.4 is 14.4 Å². The van der Waals surface area contributed by atoms with Gasteiger partial charge in [-0.1, -0.05) is 12.1 Å². The van der Waals surface area contributed by atoms with E-state index in [-0.39, 0.29) is 18.1 Å². The van der Waals surface area contributed by atoms with E-state index in [0.717, 1.165) is 17.7 Å². The highest BCUT2D eigenvalue weighted by atomic mass is 32.2. The van der Waals surface area contributed by atoms with Crippen molar-refractivity contribution >= 4 is 27.3 Å². The zero-order valence-electron chi connectivity index (χ0n) is 14.3. The molecule has 0 saturated carbocycles. The van der Waals surface area contributed by atoms with Crippen LogP contribution in [0.2, 0.25) is 0 Å². The van der Waals surface area contributed by atoms with Crippen LogP contribution in [0.15, 0.2) is 42.5 Å². The fourth-order valence-electron chi connectivity index (χ4n) is 3.35. The molecule has 1 N–H and O–H groups in total. The molecule has 1 fully saturated rings. The topological polar surface area (TPSA) is 75.7 Å². The van der Waals surface area contributed by atoms with Crippen LogP contribution in [0.25, 0.3) is 0 Å². The van der Waals surface area contributed by atoms with Crippen LogP contribution in [0.3, 0.4) is 0 Å². The van der Waals surface area contributed by atoms with Crippen molar-refractivity contribution in [3.05, 3.63) is 53.6 Å². The molecule has 0 unspecified atom stereocenters. The molecule has 2 heterocycles. The van der Waals surface area contributed by atoms with E-state index >= 15 is 0 Å². The molecule has 2 aliphatic rings. The number of carbonyl (C=O) groups excluding carboxylic acids is 1. The average Bonchev–Trinajstić information content (AvgIpc) is 3.20. The molecule has 0 aromatic heterocycles. The molecule has 0 radical (unpaired) electrons. The number of nitrogens with one attached hydrogen (secondary N) is 1. The van der Waals surface area contributed by atoms with Crippen molar-refractivity contribution in [3.63, 3.8) is 0 Å². The average molecular weight is 372 g/mol. The van der Waals surface area contributed by atoms with Gasteiger partial charge in [0.05, 0.1) is 24.5 Å². The molecule has 26 heavy (non-hydrogen) atoms. The van der Waals surface area contributed by atoms with E-state index in [1.807, 2.05) is 18.2 Å². The molecule has 0 spiro atoms. The van der Waals surface area contributed by atoms with Gasteiger partial charge < -0.3 is 10.1 Å². The number of sulfonamides is 1. The number of amides is 1. The number of nitrogens with zero attached hydrogens (tertiary/aromatic N) is 1. The van der Waals surface area contributed by atoms with Crippen LogP contribution in [0.1, 0.15) is 17.5 Å². The summed E-state index contributed by atoms with van der Waals surface area (Å²) >= 11 is 0. The van der Waals surface area contributed by atoms with E-state index in [1.165, 1.54) is 9.87 Å². The van der Waals surface area contributed by atoms with E-state index in [1.54, 1.807) is 24.3 Å². The third-order valence-electron chi connectivity index (χ3n) is 4.66. The third-order valence-corrected chi connectivity index (χ3v) is 6.53. The van der Waals surface area contributed by atoms with Crippen molar-refractivity contribution in [3.8, 4) is 5.75 Å². The molecule has 4 rings (SSSR count). The lowest BCUT2D eigenvalue weighted by molar-refractivity contribution is -0.115. The lowest BCUT2D eigenvalue weighted by Gasteiger charge is -2.17. The highest BCUT2D eigenvalue weighted by Gasteiger charge is 2.28. The van der Waals surface area contributed by atoms with Gasteiger partial charge in [-0.15, -0.1) is 0 Å². The van der Waals surface area contributed by atoms with Crippen LogP contribution in [0.5, 0.6) is 5.75 Å². The zero-order valence-corrected chi connectivity index (χ0v) is 15.1. The predicted octanol–water partition coefficient (Wildman–Crippen LogP) is 2.34. The Morgan fingerprint density at radius 3 is 2.69 bits per heavy atom. The van der Waals surface area contributed by atoms with Crippen LogP contribution in [-0.2, 0) is 27.7 Å². The Kier molecular flexibility index (Phi) is 4.32. The number of hydrogen-bond donors (Lipinski definition) is 1. The Morgan fingerprint density at radius 2 is 1.96 bits per heavy atom. The smallest absolute Gasteiger partial charge is 0.235 e. The lowest BCUT2D eigenvalue weighted by Crippen LogP contribution is -2.25. The van der Waals surface area contributed by atoms with Crippen molar-refractivity contribution in [2.75, 3.05) is 28.5 Å². The molecule has 1 amide bonds. The van der Waals surface area contributed by atoms with Gasteiger partial charge in [0.2, 0.25) is 15.9 Å². The van der Waals surface area contributed by atoms with E-state index in [0.29, 0.717) is 30.9 Å². The van der Waals surface area contributed by atoms with E-state index < -0.39 is 10.0 Å². The Hall–Kier alpha value is -2.54. The highest BCUT2D eigenvalue weighted by molar-refractivity contribution is 7.93. The second-order valence-electron chi connectivity index (χ2n) is 6.55. The van der Waals surface area contributed by atoms with Gasteiger partial charge in [0.1, 0.15) is 5.75 Å². The van der Waals surface area contributed by atoms with Crippen LogP contribution in [0, 0.1) is 0 Å². The van der Waals surface area contributed by atoms with Crippen LogP contribution in [0.4, 0.5) is 11.4 Å². The van der Waals surface area contributed by atoms with Gasteiger partial charge in [-0.3, -0.25) is 9.10 Å². The van der Waals surface area contributed by atoms with Gasteiger partial charge in [0.15, 0.2) is 0 Å². The second-order valence-corrected chi connectivity index (χ2v) is 8.57. The Bertz CT molecular complexity index is 939. The van der Waals surface area contributed by atoms with Gasteiger partial charge in [0.25, 0.3) is 0 Å². The Balaban J connectivity index is 1.40.